The average molecular weight is 429 g/mol. The van der Waals surface area contributed by atoms with Gasteiger partial charge in [0.2, 0.25) is 0 Å². The predicted octanol–water partition coefficient (Wildman–Crippen LogP) is 8.96. The lowest BCUT2D eigenvalue weighted by molar-refractivity contribution is -0.0480. The molecule has 0 unspecified atom stereocenters. The van der Waals surface area contributed by atoms with Crippen LogP contribution in [0.25, 0.3) is 0 Å². The summed E-state index contributed by atoms with van der Waals surface area (Å²) in [4.78, 5) is 0. The topological polar surface area (TPSA) is 18.5 Å². The van der Waals surface area contributed by atoms with Crippen LogP contribution in [0.2, 0.25) is 0 Å². The molecule has 0 spiro atoms. The van der Waals surface area contributed by atoms with E-state index in [1.165, 1.54) is 122 Å². The highest BCUT2D eigenvalue weighted by Gasteiger charge is 2.14. The fourth-order valence-corrected chi connectivity index (χ4v) is 4.23. The van der Waals surface area contributed by atoms with Crippen molar-refractivity contribution in [1.82, 2.24) is 0 Å². The minimum absolute atomic E-state index is 0.101. The van der Waals surface area contributed by atoms with E-state index in [9.17, 15) is 0 Å². The molecule has 1 fully saturated rings. The van der Waals surface area contributed by atoms with Crippen molar-refractivity contribution in [1.29, 1.82) is 0 Å². The van der Waals surface area contributed by atoms with Crippen molar-refractivity contribution in [3.63, 3.8) is 0 Å². The second kappa shape index (κ2) is 22.6. The monoisotopic (exact) mass is 428 g/mol. The van der Waals surface area contributed by atoms with Crippen molar-refractivity contribution in [2.75, 3.05) is 19.1 Å². The molecule has 0 N–H and O–H groups in total. The molecule has 1 aliphatic rings. The summed E-state index contributed by atoms with van der Waals surface area (Å²) in [5.74, 6) is 0.835. The zero-order valence-corrected chi connectivity index (χ0v) is 19.9. The molecule has 2 nitrogen and oxygen atoms in total. The van der Waals surface area contributed by atoms with Crippen molar-refractivity contribution in [2.24, 2.45) is 0 Å². The van der Waals surface area contributed by atoms with Crippen LogP contribution in [0.1, 0.15) is 128 Å². The number of unbranched alkanes of at least 4 members (excludes halogenated alkanes) is 17. The van der Waals surface area contributed by atoms with E-state index in [2.05, 4.69) is 12.2 Å². The van der Waals surface area contributed by atoms with Gasteiger partial charge < -0.3 is 9.47 Å². The lowest BCUT2D eigenvalue weighted by Crippen LogP contribution is -2.06. The molecule has 0 amide bonds. The largest absolute Gasteiger partial charge is 0.350 e. The Morgan fingerprint density at radius 2 is 0.897 bits per heavy atom. The third-order valence-electron chi connectivity index (χ3n) is 5.92. The molecule has 1 aliphatic heterocycles. The van der Waals surface area contributed by atoms with Crippen molar-refractivity contribution in [3.8, 4) is 0 Å². The van der Waals surface area contributed by atoms with Crippen molar-refractivity contribution in [2.45, 2.75) is 135 Å². The van der Waals surface area contributed by atoms with Crippen LogP contribution in [-0.2, 0) is 9.47 Å². The molecule has 0 bridgehead atoms. The zero-order chi connectivity index (χ0) is 20.7. The van der Waals surface area contributed by atoms with Gasteiger partial charge in [0.15, 0.2) is 6.29 Å². The molecule has 29 heavy (non-hydrogen) atoms. The predicted molar refractivity (Wildman–Crippen MR) is 128 cm³/mol. The van der Waals surface area contributed by atoms with Crippen LogP contribution in [0.5, 0.6) is 0 Å². The molecule has 0 aromatic carbocycles. The highest BCUT2D eigenvalue weighted by molar-refractivity contribution is 6.17. The van der Waals surface area contributed by atoms with Crippen LogP contribution >= 0.6 is 11.6 Å². The first-order chi connectivity index (χ1) is 14.4. The molecule has 0 atom stereocenters. The van der Waals surface area contributed by atoms with Crippen molar-refractivity contribution in [3.05, 3.63) is 12.2 Å². The standard InChI is InChI=1S/C26H49ClO2/c27-23-21-19-17-15-13-11-9-7-5-3-1-2-4-6-8-10-12-14-16-18-20-22-26-28-24-25-29-26/h1-2,26H,3-25H2. The molecule has 172 valence electrons. The summed E-state index contributed by atoms with van der Waals surface area (Å²) < 4.78 is 10.9. The van der Waals surface area contributed by atoms with Crippen LogP contribution in [-0.4, -0.2) is 25.4 Å². The summed E-state index contributed by atoms with van der Waals surface area (Å²) in [6, 6.07) is 0. The van der Waals surface area contributed by atoms with E-state index < -0.39 is 0 Å². The van der Waals surface area contributed by atoms with E-state index in [-0.39, 0.29) is 6.29 Å². The van der Waals surface area contributed by atoms with Gasteiger partial charge in [0.1, 0.15) is 0 Å². The maximum Gasteiger partial charge on any atom is 0.157 e. The zero-order valence-electron chi connectivity index (χ0n) is 19.2. The van der Waals surface area contributed by atoms with E-state index in [0.717, 1.165) is 25.5 Å². The minimum Gasteiger partial charge on any atom is -0.350 e. The first-order valence-corrected chi connectivity index (χ1v) is 13.4. The Kier molecular flexibility index (Phi) is 21.1. The smallest absolute Gasteiger partial charge is 0.157 e. The van der Waals surface area contributed by atoms with Crippen LogP contribution < -0.4 is 0 Å². The summed E-state index contributed by atoms with van der Waals surface area (Å²) in [6.45, 7) is 1.58. The first-order valence-electron chi connectivity index (χ1n) is 12.9. The number of hydrogen-bond acceptors (Lipinski definition) is 2. The van der Waals surface area contributed by atoms with Crippen LogP contribution in [0, 0.1) is 0 Å². The van der Waals surface area contributed by atoms with Gasteiger partial charge >= 0.3 is 0 Å². The van der Waals surface area contributed by atoms with Gasteiger partial charge in [-0.1, -0.05) is 95.6 Å². The van der Waals surface area contributed by atoms with Crippen LogP contribution in [0.4, 0.5) is 0 Å². The molecule has 1 heterocycles. The van der Waals surface area contributed by atoms with Gasteiger partial charge in [-0.25, -0.2) is 0 Å². The Hall–Kier alpha value is -0.0500. The van der Waals surface area contributed by atoms with E-state index in [1.807, 2.05) is 0 Å². The molecule has 0 radical (unpaired) electrons. The van der Waals surface area contributed by atoms with Gasteiger partial charge in [0, 0.05) is 5.88 Å². The molecule has 0 aromatic heterocycles. The highest BCUT2D eigenvalue weighted by Crippen LogP contribution is 2.15. The Morgan fingerprint density at radius 1 is 0.517 bits per heavy atom. The number of ether oxygens (including phenoxy) is 2. The third-order valence-corrected chi connectivity index (χ3v) is 6.19. The Morgan fingerprint density at radius 3 is 1.34 bits per heavy atom. The maximum atomic E-state index is 5.70. The Bertz CT molecular complexity index is 340. The van der Waals surface area contributed by atoms with Gasteiger partial charge in [-0.05, 0) is 44.9 Å². The van der Waals surface area contributed by atoms with E-state index in [4.69, 9.17) is 21.1 Å². The summed E-state index contributed by atoms with van der Waals surface area (Å²) >= 11 is 5.70. The number of hydrogen-bond donors (Lipinski definition) is 0. The Labute approximate surface area is 187 Å². The molecule has 1 rings (SSSR count). The first kappa shape index (κ1) is 27.0. The van der Waals surface area contributed by atoms with Gasteiger partial charge in [-0.3, -0.25) is 0 Å². The quantitative estimate of drug-likeness (QED) is 0.0972. The molecule has 3 heteroatoms. The normalized spacial score (nSPS) is 15.1. The van der Waals surface area contributed by atoms with Crippen molar-refractivity contribution >= 4 is 11.6 Å². The second-order valence-electron chi connectivity index (χ2n) is 8.71. The summed E-state index contributed by atoms with van der Waals surface area (Å²) in [5.41, 5.74) is 0. The van der Waals surface area contributed by atoms with E-state index in [0.29, 0.717) is 0 Å². The second-order valence-corrected chi connectivity index (χ2v) is 9.09. The lowest BCUT2D eigenvalue weighted by atomic mass is 10.1. The molecular weight excluding hydrogens is 380 g/mol. The summed E-state index contributed by atoms with van der Waals surface area (Å²) in [5, 5.41) is 0. The highest BCUT2D eigenvalue weighted by atomic mass is 35.5. The van der Waals surface area contributed by atoms with E-state index in [1.54, 1.807) is 0 Å². The van der Waals surface area contributed by atoms with Crippen molar-refractivity contribution < 1.29 is 9.47 Å². The van der Waals surface area contributed by atoms with Gasteiger partial charge in [0.05, 0.1) is 13.2 Å². The lowest BCUT2D eigenvalue weighted by Gasteiger charge is -2.08. The van der Waals surface area contributed by atoms with Gasteiger partial charge in [-0.2, -0.15) is 0 Å². The fraction of sp³-hybridized carbons (Fsp3) is 0.923. The molecule has 0 saturated carbocycles. The molecule has 0 aromatic rings. The van der Waals surface area contributed by atoms with Gasteiger partial charge in [-0.15, -0.1) is 11.6 Å². The average Bonchev–Trinajstić information content (AvgIpc) is 3.25. The fourth-order valence-electron chi connectivity index (χ4n) is 4.04. The Balaban J connectivity index is 1.66. The minimum atomic E-state index is 0.101. The van der Waals surface area contributed by atoms with Crippen LogP contribution in [0.3, 0.4) is 0 Å². The number of rotatable bonds is 22. The maximum absolute atomic E-state index is 5.70. The summed E-state index contributed by atoms with van der Waals surface area (Å²) in [7, 11) is 0. The molecular formula is C26H49ClO2. The number of allylic oxidation sites excluding steroid dienone is 2. The third kappa shape index (κ3) is 19.6. The molecule has 0 aliphatic carbocycles. The number of alkyl halides is 1. The molecule has 1 saturated heterocycles. The van der Waals surface area contributed by atoms with Gasteiger partial charge in [0.25, 0.3) is 0 Å². The van der Waals surface area contributed by atoms with Crippen LogP contribution in [0.15, 0.2) is 12.2 Å². The van der Waals surface area contributed by atoms with E-state index >= 15 is 0 Å². The number of halogens is 1. The summed E-state index contributed by atoms with van der Waals surface area (Å²) in [6.07, 6.45) is 31.9. The SMILES string of the molecule is ClCCCCCCCCCCCC=CCCCCCCCCCCC1OCCO1.